The van der Waals surface area contributed by atoms with Gasteiger partial charge in [-0.25, -0.2) is 0 Å². The van der Waals surface area contributed by atoms with Crippen LogP contribution in [0.4, 0.5) is 0 Å². The van der Waals surface area contributed by atoms with E-state index in [1.807, 2.05) is 19.9 Å². The van der Waals surface area contributed by atoms with E-state index >= 15 is 0 Å². The maximum absolute atomic E-state index is 12.8. The lowest BCUT2D eigenvalue weighted by molar-refractivity contribution is -0.139. The van der Waals surface area contributed by atoms with Gasteiger partial charge in [-0.3, -0.25) is 14.4 Å². The number of hydrogen-bond donors (Lipinski definition) is 2. The van der Waals surface area contributed by atoms with Crippen LogP contribution >= 0.6 is 0 Å². The van der Waals surface area contributed by atoms with Gasteiger partial charge < -0.3 is 10.4 Å². The Kier molecular flexibility index (Phi) is 8.00. The molecule has 5 heteroatoms. The second-order valence-electron chi connectivity index (χ2n) is 8.00. The molecule has 1 rings (SSSR count). The summed E-state index contributed by atoms with van der Waals surface area (Å²) >= 11 is 0. The van der Waals surface area contributed by atoms with Crippen molar-refractivity contribution in [3.05, 3.63) is 11.6 Å². The largest absolute Gasteiger partial charge is 0.392 e. The first-order valence-corrected chi connectivity index (χ1v) is 9.23. The van der Waals surface area contributed by atoms with Crippen molar-refractivity contribution in [2.75, 3.05) is 6.54 Å². The summed E-state index contributed by atoms with van der Waals surface area (Å²) in [6, 6.07) is 0. The molecule has 0 aromatic carbocycles. The molecule has 3 atom stereocenters. The van der Waals surface area contributed by atoms with Gasteiger partial charge in [-0.1, -0.05) is 39.3 Å². The number of amides is 1. The summed E-state index contributed by atoms with van der Waals surface area (Å²) in [5, 5.41) is 13.2. The van der Waals surface area contributed by atoms with E-state index in [1.54, 1.807) is 20.8 Å². The van der Waals surface area contributed by atoms with Crippen LogP contribution in [0.3, 0.4) is 0 Å². The molecule has 1 aliphatic heterocycles. The van der Waals surface area contributed by atoms with Crippen molar-refractivity contribution in [3.63, 3.8) is 0 Å². The molecule has 1 heterocycles. The van der Waals surface area contributed by atoms with E-state index in [0.29, 0.717) is 32.2 Å². The zero-order valence-corrected chi connectivity index (χ0v) is 16.2. The summed E-state index contributed by atoms with van der Waals surface area (Å²) in [6.45, 7) is 9.48. The van der Waals surface area contributed by atoms with Gasteiger partial charge in [0.05, 0.1) is 17.9 Å². The lowest BCUT2D eigenvalue weighted by Gasteiger charge is -2.32. The predicted octanol–water partition coefficient (Wildman–Crippen LogP) is 2.81. The van der Waals surface area contributed by atoms with Gasteiger partial charge in [0.25, 0.3) is 0 Å². The monoisotopic (exact) mass is 351 g/mol. The normalized spacial score (nSPS) is 32.6. The van der Waals surface area contributed by atoms with Gasteiger partial charge in [0.1, 0.15) is 11.6 Å². The molecule has 0 fully saturated rings. The van der Waals surface area contributed by atoms with E-state index in [4.69, 9.17) is 0 Å². The Labute approximate surface area is 151 Å². The Morgan fingerprint density at radius 3 is 2.40 bits per heavy atom. The average molecular weight is 351 g/mol. The molecule has 0 bridgehead atoms. The van der Waals surface area contributed by atoms with Crippen LogP contribution in [0.2, 0.25) is 0 Å². The first kappa shape index (κ1) is 21.6. The van der Waals surface area contributed by atoms with Gasteiger partial charge in [0.2, 0.25) is 5.91 Å². The van der Waals surface area contributed by atoms with Crippen LogP contribution in [-0.4, -0.2) is 35.2 Å². The van der Waals surface area contributed by atoms with E-state index in [0.717, 1.165) is 5.57 Å². The molecule has 0 aromatic rings. The molecule has 5 nitrogen and oxygen atoms in total. The number of nitrogens with one attached hydrogen (secondary N) is 1. The highest BCUT2D eigenvalue weighted by molar-refractivity contribution is 5.88. The Hall–Kier alpha value is -1.49. The van der Waals surface area contributed by atoms with Crippen molar-refractivity contribution in [3.8, 4) is 0 Å². The van der Waals surface area contributed by atoms with E-state index in [1.165, 1.54) is 0 Å². The van der Waals surface area contributed by atoms with Crippen LogP contribution in [0.15, 0.2) is 11.6 Å². The quantitative estimate of drug-likeness (QED) is 0.657. The van der Waals surface area contributed by atoms with Crippen molar-refractivity contribution in [2.45, 2.75) is 72.8 Å². The molecular formula is C20H33NO4. The van der Waals surface area contributed by atoms with Gasteiger partial charge in [0, 0.05) is 24.8 Å². The topological polar surface area (TPSA) is 83.5 Å². The first-order valence-electron chi connectivity index (χ1n) is 9.23. The number of Topliss-reactive ketones (excluding diaryl/α,β-unsaturated/α-hetero) is 2. The third kappa shape index (κ3) is 6.38. The minimum Gasteiger partial charge on any atom is -0.392 e. The van der Waals surface area contributed by atoms with Gasteiger partial charge >= 0.3 is 0 Å². The fourth-order valence-electron chi connectivity index (χ4n) is 3.27. The van der Waals surface area contributed by atoms with Crippen LogP contribution in [0.1, 0.15) is 66.7 Å². The van der Waals surface area contributed by atoms with Crippen LogP contribution < -0.4 is 5.32 Å². The van der Waals surface area contributed by atoms with Crippen molar-refractivity contribution >= 4 is 17.5 Å². The van der Waals surface area contributed by atoms with Crippen LogP contribution in [0.25, 0.3) is 0 Å². The molecule has 25 heavy (non-hydrogen) atoms. The Balaban J connectivity index is 2.96. The number of ketones is 2. The van der Waals surface area contributed by atoms with E-state index < -0.39 is 11.5 Å². The molecule has 1 aliphatic rings. The Morgan fingerprint density at radius 2 is 1.76 bits per heavy atom. The summed E-state index contributed by atoms with van der Waals surface area (Å²) in [7, 11) is 0. The number of carbonyl (C=O) groups is 3. The molecule has 142 valence electrons. The first-order chi connectivity index (χ1) is 11.6. The Morgan fingerprint density at radius 1 is 1.12 bits per heavy atom. The molecular weight excluding hydrogens is 318 g/mol. The second kappa shape index (κ2) is 9.27. The summed E-state index contributed by atoms with van der Waals surface area (Å²) < 4.78 is 0. The van der Waals surface area contributed by atoms with Crippen LogP contribution in [0.5, 0.6) is 0 Å². The molecule has 0 aliphatic carbocycles. The Bertz CT molecular complexity index is 536. The maximum Gasteiger partial charge on any atom is 0.222 e. The highest BCUT2D eigenvalue weighted by atomic mass is 16.3. The molecule has 0 saturated carbocycles. The third-order valence-corrected chi connectivity index (χ3v) is 5.28. The predicted molar refractivity (Wildman–Crippen MR) is 98.0 cm³/mol. The number of allylic oxidation sites excluding steroid dienone is 1. The number of hydrogen-bond acceptors (Lipinski definition) is 4. The van der Waals surface area contributed by atoms with Crippen molar-refractivity contribution in [2.24, 2.45) is 17.3 Å². The number of rotatable bonds is 0. The highest BCUT2D eigenvalue weighted by Gasteiger charge is 2.39. The van der Waals surface area contributed by atoms with Crippen molar-refractivity contribution in [1.82, 2.24) is 5.32 Å². The lowest BCUT2D eigenvalue weighted by atomic mass is 9.74. The fourth-order valence-corrected chi connectivity index (χ4v) is 3.27. The second-order valence-corrected chi connectivity index (χ2v) is 8.00. The number of aliphatic hydroxyl groups excluding tert-OH is 1. The standard InChI is InChI=1S/C20H33NO4/c1-13-7-6-10-21-18(24)12-17(23)20(4,5)19(25)15(3)11-14(2)16(22)9-8-13/h7,14-15,17,23H,6,8-12H2,1-5H3,(H,21,24)/b13-7-/t14?,15?,17-/m0/s1. The van der Waals surface area contributed by atoms with E-state index in [9.17, 15) is 19.5 Å². The third-order valence-electron chi connectivity index (χ3n) is 5.28. The minimum absolute atomic E-state index is 0.0946. The summed E-state index contributed by atoms with van der Waals surface area (Å²) in [5.41, 5.74) is 0.111. The lowest BCUT2D eigenvalue weighted by Crippen LogP contribution is -2.43. The maximum atomic E-state index is 12.8. The van der Waals surface area contributed by atoms with E-state index in [-0.39, 0.29) is 35.7 Å². The van der Waals surface area contributed by atoms with Crippen molar-refractivity contribution < 1.29 is 19.5 Å². The molecule has 0 saturated heterocycles. The summed E-state index contributed by atoms with van der Waals surface area (Å²) in [5.74, 6) is -0.698. The van der Waals surface area contributed by atoms with Gasteiger partial charge in [-0.2, -0.15) is 0 Å². The zero-order chi connectivity index (χ0) is 19.2. The van der Waals surface area contributed by atoms with Gasteiger partial charge in [0.15, 0.2) is 0 Å². The molecule has 0 radical (unpaired) electrons. The summed E-state index contributed by atoms with van der Waals surface area (Å²) in [6.07, 6.45) is 3.25. The van der Waals surface area contributed by atoms with Gasteiger partial charge in [-0.05, 0) is 26.2 Å². The fraction of sp³-hybridized carbons (Fsp3) is 0.750. The molecule has 2 unspecified atom stereocenters. The van der Waals surface area contributed by atoms with Gasteiger partial charge in [-0.15, -0.1) is 0 Å². The zero-order valence-electron chi connectivity index (χ0n) is 16.2. The molecule has 0 aromatic heterocycles. The number of carbonyl (C=O) groups excluding carboxylic acids is 3. The summed E-state index contributed by atoms with van der Waals surface area (Å²) in [4.78, 5) is 37.1. The van der Waals surface area contributed by atoms with Crippen LogP contribution in [0, 0.1) is 17.3 Å². The van der Waals surface area contributed by atoms with E-state index in [2.05, 4.69) is 5.32 Å². The molecule has 0 spiro atoms. The number of aliphatic hydroxyl groups is 1. The SMILES string of the molecule is C/C1=C/CCNC(=O)C[C@H](O)C(C)(C)C(=O)C(C)CC(C)C(=O)CC1. The average Bonchev–Trinajstić information content (AvgIpc) is 2.54. The molecule has 2 N–H and O–H groups in total. The molecule has 1 amide bonds. The minimum atomic E-state index is -1.04. The van der Waals surface area contributed by atoms with Crippen LogP contribution in [-0.2, 0) is 14.4 Å². The highest BCUT2D eigenvalue weighted by Crippen LogP contribution is 2.30. The van der Waals surface area contributed by atoms with Crippen molar-refractivity contribution in [1.29, 1.82) is 0 Å². The smallest absolute Gasteiger partial charge is 0.222 e.